The summed E-state index contributed by atoms with van der Waals surface area (Å²) in [6.07, 6.45) is 0.659. The van der Waals surface area contributed by atoms with Gasteiger partial charge in [0.1, 0.15) is 10.7 Å². The van der Waals surface area contributed by atoms with Gasteiger partial charge in [0, 0.05) is 6.54 Å². The second-order valence-corrected chi connectivity index (χ2v) is 7.13. The molecule has 8 nitrogen and oxygen atoms in total. The van der Waals surface area contributed by atoms with Gasteiger partial charge in [0.05, 0.1) is 16.3 Å². The summed E-state index contributed by atoms with van der Waals surface area (Å²) in [5.41, 5.74) is 0.576. The van der Waals surface area contributed by atoms with Crippen LogP contribution in [-0.4, -0.2) is 47.9 Å². The van der Waals surface area contributed by atoms with Gasteiger partial charge in [-0.15, -0.1) is 0 Å². The number of carbonyl (C=O) groups is 1. The normalized spacial score (nSPS) is 11.3. The van der Waals surface area contributed by atoms with Crippen molar-refractivity contribution >= 4 is 38.5 Å². The molecule has 0 aliphatic heterocycles. The minimum absolute atomic E-state index is 0.142. The van der Waals surface area contributed by atoms with Crippen molar-refractivity contribution in [3.05, 3.63) is 52.0 Å². The first kappa shape index (κ1) is 18.9. The molecule has 0 aliphatic rings. The van der Waals surface area contributed by atoms with Gasteiger partial charge in [-0.05, 0) is 51.3 Å². The number of rotatable bonds is 7. The molecule has 0 radical (unpaired) electrons. The Bertz CT molecular complexity index is 984. The number of fused-ring (bicyclic) bond motifs is 1. The highest BCUT2D eigenvalue weighted by Crippen LogP contribution is 2.31. The molecule has 1 amide bonds. The lowest BCUT2D eigenvalue weighted by Crippen LogP contribution is -2.33. The van der Waals surface area contributed by atoms with Gasteiger partial charge in [0.25, 0.3) is 5.91 Å². The molecule has 1 aromatic carbocycles. The first-order valence-electron chi connectivity index (χ1n) is 8.12. The summed E-state index contributed by atoms with van der Waals surface area (Å²) in [5, 5.41) is 11.2. The quantitative estimate of drug-likeness (QED) is 0.451. The number of hydrogen-bond acceptors (Lipinski definition) is 7. The first-order chi connectivity index (χ1) is 12.8. The lowest BCUT2D eigenvalue weighted by molar-refractivity contribution is -0.402. The van der Waals surface area contributed by atoms with Crippen LogP contribution in [-0.2, 0) is 0 Å². The van der Waals surface area contributed by atoms with Crippen LogP contribution in [0.2, 0.25) is 0 Å². The fourth-order valence-electron chi connectivity index (χ4n) is 2.50. The van der Waals surface area contributed by atoms with E-state index in [9.17, 15) is 19.3 Å². The Kier molecular flexibility index (Phi) is 5.47. The third kappa shape index (κ3) is 4.29. The zero-order chi connectivity index (χ0) is 19.6. The van der Waals surface area contributed by atoms with Crippen molar-refractivity contribution in [2.45, 2.75) is 6.42 Å². The zero-order valence-electron chi connectivity index (χ0n) is 14.7. The van der Waals surface area contributed by atoms with Crippen molar-refractivity contribution < 1.29 is 18.5 Å². The zero-order valence-corrected chi connectivity index (χ0v) is 15.5. The van der Waals surface area contributed by atoms with E-state index < -0.39 is 16.7 Å². The molecular formula is C17H17FN4O4S. The molecule has 2 heterocycles. The van der Waals surface area contributed by atoms with E-state index >= 15 is 0 Å². The highest BCUT2D eigenvalue weighted by Gasteiger charge is 2.26. The number of anilines is 1. The summed E-state index contributed by atoms with van der Waals surface area (Å²) >= 11 is 1.18. The SMILES string of the molecule is CN(C)CCCN(C(=O)c1ccc([N+](=O)[O-])o1)c1nc2ccc(F)cc2s1. The van der Waals surface area contributed by atoms with E-state index in [4.69, 9.17) is 4.42 Å². The number of hydrogen-bond donors (Lipinski definition) is 0. The maximum absolute atomic E-state index is 13.5. The van der Waals surface area contributed by atoms with Crippen molar-refractivity contribution in [2.75, 3.05) is 32.1 Å². The molecule has 0 fully saturated rings. The fraction of sp³-hybridized carbons (Fsp3) is 0.294. The van der Waals surface area contributed by atoms with Crippen LogP contribution in [0.1, 0.15) is 17.0 Å². The topological polar surface area (TPSA) is 92.7 Å². The van der Waals surface area contributed by atoms with Crippen molar-refractivity contribution in [1.82, 2.24) is 9.88 Å². The van der Waals surface area contributed by atoms with E-state index in [0.717, 1.165) is 12.6 Å². The van der Waals surface area contributed by atoms with Gasteiger partial charge in [-0.1, -0.05) is 11.3 Å². The van der Waals surface area contributed by atoms with Gasteiger partial charge < -0.3 is 9.32 Å². The number of benzene rings is 1. The van der Waals surface area contributed by atoms with E-state index in [0.29, 0.717) is 28.3 Å². The molecule has 0 saturated carbocycles. The fourth-order valence-corrected chi connectivity index (χ4v) is 3.52. The molecule has 0 spiro atoms. The summed E-state index contributed by atoms with van der Waals surface area (Å²) < 4.78 is 19.1. The third-order valence-corrected chi connectivity index (χ3v) is 4.83. The second kappa shape index (κ2) is 7.80. The average Bonchev–Trinajstić information content (AvgIpc) is 3.24. The van der Waals surface area contributed by atoms with E-state index in [1.165, 1.54) is 34.4 Å². The maximum Gasteiger partial charge on any atom is 0.433 e. The van der Waals surface area contributed by atoms with Crippen molar-refractivity contribution in [2.24, 2.45) is 0 Å². The molecule has 27 heavy (non-hydrogen) atoms. The van der Waals surface area contributed by atoms with E-state index in [1.807, 2.05) is 19.0 Å². The molecule has 2 aromatic heterocycles. The van der Waals surface area contributed by atoms with Crippen LogP contribution in [0.25, 0.3) is 10.2 Å². The molecule has 0 saturated heterocycles. The summed E-state index contributed by atoms with van der Waals surface area (Å²) in [6, 6.07) is 6.62. The highest BCUT2D eigenvalue weighted by molar-refractivity contribution is 7.22. The highest BCUT2D eigenvalue weighted by atomic mass is 32.1. The third-order valence-electron chi connectivity index (χ3n) is 3.78. The van der Waals surface area contributed by atoms with Gasteiger partial charge in [-0.2, -0.15) is 0 Å². The number of thiazole rings is 1. The number of aromatic nitrogens is 1. The summed E-state index contributed by atoms with van der Waals surface area (Å²) in [5.74, 6) is -1.55. The van der Waals surface area contributed by atoms with Crippen LogP contribution in [0.4, 0.5) is 15.4 Å². The summed E-state index contributed by atoms with van der Waals surface area (Å²) in [4.78, 5) is 30.8. The van der Waals surface area contributed by atoms with Gasteiger partial charge in [0.15, 0.2) is 10.9 Å². The number of amides is 1. The predicted molar refractivity (Wildman–Crippen MR) is 99.8 cm³/mol. The van der Waals surface area contributed by atoms with Gasteiger partial charge in [-0.3, -0.25) is 19.8 Å². The van der Waals surface area contributed by atoms with Crippen LogP contribution in [0.15, 0.2) is 34.7 Å². The Morgan fingerprint density at radius 1 is 1.30 bits per heavy atom. The van der Waals surface area contributed by atoms with Gasteiger partial charge >= 0.3 is 5.88 Å². The minimum atomic E-state index is -0.701. The maximum atomic E-state index is 13.5. The first-order valence-corrected chi connectivity index (χ1v) is 8.93. The standard InChI is InChI=1S/C17H17FN4O4S/c1-20(2)8-3-9-21(16(23)13-6-7-15(26-13)22(24)25)17-19-12-5-4-11(18)10-14(12)27-17/h4-7,10H,3,8-9H2,1-2H3. The Morgan fingerprint density at radius 2 is 2.07 bits per heavy atom. The smallest absolute Gasteiger partial charge is 0.395 e. The lowest BCUT2D eigenvalue weighted by atomic mass is 10.3. The van der Waals surface area contributed by atoms with Crippen LogP contribution >= 0.6 is 11.3 Å². The Morgan fingerprint density at radius 3 is 2.74 bits per heavy atom. The van der Waals surface area contributed by atoms with Gasteiger partial charge in [-0.25, -0.2) is 9.37 Å². The van der Waals surface area contributed by atoms with Crippen molar-refractivity contribution in [1.29, 1.82) is 0 Å². The van der Waals surface area contributed by atoms with Crippen LogP contribution in [0.5, 0.6) is 0 Å². The number of halogens is 1. The number of nitrogens with zero attached hydrogens (tertiary/aromatic N) is 4. The Balaban J connectivity index is 1.93. The van der Waals surface area contributed by atoms with Gasteiger partial charge in [0.2, 0.25) is 0 Å². The summed E-state index contributed by atoms with van der Waals surface area (Å²) in [6.45, 7) is 1.08. The van der Waals surface area contributed by atoms with E-state index in [-0.39, 0.29) is 11.6 Å². The van der Waals surface area contributed by atoms with Crippen LogP contribution in [0, 0.1) is 15.9 Å². The van der Waals surface area contributed by atoms with Crippen molar-refractivity contribution in [3.63, 3.8) is 0 Å². The van der Waals surface area contributed by atoms with Crippen LogP contribution in [0.3, 0.4) is 0 Å². The van der Waals surface area contributed by atoms with E-state index in [2.05, 4.69) is 4.98 Å². The Labute approximate surface area is 158 Å². The van der Waals surface area contributed by atoms with Crippen molar-refractivity contribution in [3.8, 4) is 0 Å². The molecule has 142 valence electrons. The molecule has 0 atom stereocenters. The summed E-state index contributed by atoms with van der Waals surface area (Å²) in [7, 11) is 3.84. The second-order valence-electron chi connectivity index (χ2n) is 6.12. The minimum Gasteiger partial charge on any atom is -0.395 e. The molecule has 0 bridgehead atoms. The van der Waals surface area contributed by atoms with E-state index in [1.54, 1.807) is 6.07 Å². The molecule has 0 aliphatic carbocycles. The monoisotopic (exact) mass is 392 g/mol. The molecule has 10 heteroatoms. The van der Waals surface area contributed by atoms with Crippen LogP contribution < -0.4 is 4.90 Å². The molecule has 0 N–H and O–H groups in total. The molecule has 3 rings (SSSR count). The molecule has 3 aromatic rings. The lowest BCUT2D eigenvalue weighted by Gasteiger charge is -2.19. The Hall–Kier alpha value is -2.85. The number of furan rings is 1. The number of carbonyl (C=O) groups excluding carboxylic acids is 1. The largest absolute Gasteiger partial charge is 0.433 e. The molecule has 0 unspecified atom stereocenters. The average molecular weight is 392 g/mol. The predicted octanol–water partition coefficient (Wildman–Crippen LogP) is 3.54. The number of nitro groups is 1. The molecular weight excluding hydrogens is 375 g/mol.